The first kappa shape index (κ1) is 23.4. The molecule has 0 radical (unpaired) electrons. The van der Waals surface area contributed by atoms with Crippen molar-refractivity contribution in [1.29, 1.82) is 5.41 Å². The highest BCUT2D eigenvalue weighted by Crippen LogP contribution is 2.41. The van der Waals surface area contributed by atoms with Gasteiger partial charge in [0.15, 0.2) is 0 Å². The number of hydrogen-bond acceptors (Lipinski definition) is 8. The number of nitrogens with two attached hydrogens (primary N) is 1. The van der Waals surface area contributed by atoms with Crippen LogP contribution in [0.15, 0.2) is 42.7 Å². The number of anilines is 2. The van der Waals surface area contributed by atoms with Gasteiger partial charge in [-0.3, -0.25) is 5.41 Å². The number of rotatable bonds is 7. The van der Waals surface area contributed by atoms with Crippen LogP contribution in [-0.2, 0) is 17.6 Å². The Labute approximate surface area is 207 Å². The van der Waals surface area contributed by atoms with Crippen LogP contribution in [-0.4, -0.2) is 61.8 Å². The number of nitrogens with zero attached hydrogens (tertiary/aromatic N) is 5. The normalized spacial score (nSPS) is 17.5. The molecule has 4 heterocycles. The van der Waals surface area contributed by atoms with Gasteiger partial charge in [0.25, 0.3) is 0 Å². The van der Waals surface area contributed by atoms with Gasteiger partial charge in [-0.25, -0.2) is 13.5 Å². The van der Waals surface area contributed by atoms with Crippen molar-refractivity contribution >= 4 is 28.2 Å². The number of hydrogen-bond donors (Lipinski definition) is 2. The second-order valence-corrected chi connectivity index (χ2v) is 10.9. The first-order valence-electron chi connectivity index (χ1n) is 11.4. The molecule has 182 valence electrons. The molecular formula is C25H29N7O2S. The quantitative estimate of drug-likeness (QED) is 0.385. The van der Waals surface area contributed by atoms with E-state index in [1.54, 1.807) is 30.8 Å². The molecule has 1 spiro atoms. The van der Waals surface area contributed by atoms with Crippen molar-refractivity contribution in [3.63, 3.8) is 0 Å². The smallest absolute Gasteiger partial charge is 0.128 e. The van der Waals surface area contributed by atoms with Crippen molar-refractivity contribution < 1.29 is 8.95 Å². The molecule has 1 atom stereocenters. The van der Waals surface area contributed by atoms with Crippen molar-refractivity contribution in [3.8, 4) is 5.75 Å². The van der Waals surface area contributed by atoms with Crippen molar-refractivity contribution in [2.24, 2.45) is 5.41 Å². The van der Waals surface area contributed by atoms with E-state index in [-0.39, 0.29) is 5.41 Å². The third-order valence-electron chi connectivity index (χ3n) is 6.85. The van der Waals surface area contributed by atoms with Crippen molar-refractivity contribution in [2.75, 3.05) is 43.1 Å². The lowest BCUT2D eigenvalue weighted by molar-refractivity contribution is 0.0434. The third kappa shape index (κ3) is 4.51. The van der Waals surface area contributed by atoms with E-state index in [1.165, 1.54) is 0 Å². The maximum absolute atomic E-state index is 11.6. The van der Waals surface area contributed by atoms with Gasteiger partial charge in [0.1, 0.15) is 18.2 Å². The molecule has 0 amide bonds. The second kappa shape index (κ2) is 9.01. The summed E-state index contributed by atoms with van der Waals surface area (Å²) >= 11 is 0. The molecule has 0 saturated carbocycles. The zero-order chi connectivity index (χ0) is 24.7. The summed E-state index contributed by atoms with van der Waals surface area (Å²) in [6, 6.07) is 9.22. The van der Waals surface area contributed by atoms with E-state index in [0.717, 1.165) is 48.8 Å². The van der Waals surface area contributed by atoms with Crippen LogP contribution >= 0.6 is 0 Å². The number of aromatic nitrogens is 3. The molecule has 2 saturated heterocycles. The first-order chi connectivity index (χ1) is 16.7. The summed E-state index contributed by atoms with van der Waals surface area (Å²) < 4.78 is 19.6. The van der Waals surface area contributed by atoms with Crippen LogP contribution in [0.1, 0.15) is 27.9 Å². The highest BCUT2D eigenvalue weighted by atomic mass is 32.2. The van der Waals surface area contributed by atoms with E-state index in [1.807, 2.05) is 36.4 Å². The summed E-state index contributed by atoms with van der Waals surface area (Å²) in [6.07, 6.45) is 5.17. The van der Waals surface area contributed by atoms with Crippen LogP contribution in [0.3, 0.4) is 0 Å². The molecule has 3 N–H and O–H groups in total. The summed E-state index contributed by atoms with van der Waals surface area (Å²) in [6.45, 7) is 7.85. The minimum absolute atomic E-state index is 0.247. The molecule has 5 rings (SSSR count). The molecule has 2 fully saturated rings. The van der Waals surface area contributed by atoms with E-state index in [0.29, 0.717) is 34.9 Å². The van der Waals surface area contributed by atoms with E-state index in [9.17, 15) is 4.21 Å². The molecule has 1 aromatic carbocycles. The fraction of sp³-hybridized carbons (Fsp3) is 0.360. The van der Waals surface area contributed by atoms with Gasteiger partial charge >= 0.3 is 0 Å². The van der Waals surface area contributed by atoms with Crippen molar-refractivity contribution in [1.82, 2.24) is 19.5 Å². The zero-order valence-electron chi connectivity index (χ0n) is 20.1. The maximum atomic E-state index is 11.6. The average Bonchev–Trinajstić information content (AvgIpc) is 2.77. The summed E-state index contributed by atoms with van der Waals surface area (Å²) in [5.74, 6) is 1.53. The highest BCUT2D eigenvalue weighted by Gasteiger charge is 2.53. The molecule has 10 heteroatoms. The Morgan fingerprint density at radius 3 is 2.60 bits per heavy atom. The standard InChI is InChI=1S/C25H29N7O2S/c1-16-9-29-30-17(2)21(16)11-34-19-5-6-22(26)20(8-19)24(27)18-4-7-23(28-10-18)31-12-25(13-31)14-32(15-25)35(3)33/h4-10,27H,11-15,26H2,1-3H3. The Morgan fingerprint density at radius 1 is 1.17 bits per heavy atom. The van der Waals surface area contributed by atoms with Crippen LogP contribution in [0.4, 0.5) is 11.5 Å². The monoisotopic (exact) mass is 491 g/mol. The molecule has 3 aromatic rings. The van der Waals surface area contributed by atoms with Crippen LogP contribution in [0.2, 0.25) is 0 Å². The Kier molecular flexibility index (Phi) is 6.02. The third-order valence-corrected chi connectivity index (χ3v) is 7.83. The number of nitrogens with one attached hydrogen (secondary N) is 1. The second-order valence-electron chi connectivity index (χ2n) is 9.49. The topological polar surface area (TPSA) is 121 Å². The number of pyridine rings is 1. The van der Waals surface area contributed by atoms with Crippen LogP contribution < -0.4 is 15.4 Å². The van der Waals surface area contributed by atoms with Gasteiger partial charge < -0.3 is 15.4 Å². The van der Waals surface area contributed by atoms with Crippen LogP contribution in [0.5, 0.6) is 5.75 Å². The number of nitrogen functional groups attached to an aromatic ring is 1. The van der Waals surface area contributed by atoms with Gasteiger partial charge in [0.2, 0.25) is 0 Å². The summed E-state index contributed by atoms with van der Waals surface area (Å²) in [5, 5.41) is 16.8. The molecule has 35 heavy (non-hydrogen) atoms. The Bertz CT molecular complexity index is 1280. The number of benzene rings is 1. The molecular weight excluding hydrogens is 462 g/mol. The lowest BCUT2D eigenvalue weighted by Crippen LogP contribution is -2.72. The van der Waals surface area contributed by atoms with E-state index < -0.39 is 11.0 Å². The minimum Gasteiger partial charge on any atom is -0.489 e. The fourth-order valence-corrected chi connectivity index (χ4v) is 5.64. The Hall–Kier alpha value is -3.37. The van der Waals surface area contributed by atoms with Gasteiger partial charge in [0, 0.05) is 66.4 Å². The summed E-state index contributed by atoms with van der Waals surface area (Å²) in [7, 11) is -0.886. The van der Waals surface area contributed by atoms with Gasteiger partial charge in [0.05, 0.1) is 28.6 Å². The zero-order valence-corrected chi connectivity index (χ0v) is 20.9. The Morgan fingerprint density at radius 2 is 1.94 bits per heavy atom. The van der Waals surface area contributed by atoms with Crippen molar-refractivity contribution in [3.05, 3.63) is 70.7 Å². The fourth-order valence-electron chi connectivity index (χ4n) is 4.73. The lowest BCUT2D eigenvalue weighted by Gasteiger charge is -2.59. The molecule has 1 unspecified atom stereocenters. The Balaban J connectivity index is 1.24. The number of aryl methyl sites for hydroxylation is 2. The largest absolute Gasteiger partial charge is 0.489 e. The predicted octanol–water partition coefficient (Wildman–Crippen LogP) is 2.48. The van der Waals surface area contributed by atoms with Gasteiger partial charge in [-0.2, -0.15) is 10.2 Å². The molecule has 0 bridgehead atoms. The molecule has 9 nitrogen and oxygen atoms in total. The summed E-state index contributed by atoms with van der Waals surface area (Å²) in [5.41, 5.74) is 11.4. The molecule has 0 aliphatic carbocycles. The average molecular weight is 492 g/mol. The molecule has 2 aliphatic rings. The predicted molar refractivity (Wildman–Crippen MR) is 137 cm³/mol. The van der Waals surface area contributed by atoms with E-state index in [2.05, 4.69) is 20.1 Å². The van der Waals surface area contributed by atoms with E-state index >= 15 is 0 Å². The van der Waals surface area contributed by atoms with Crippen molar-refractivity contribution in [2.45, 2.75) is 20.5 Å². The minimum atomic E-state index is -0.886. The van der Waals surface area contributed by atoms with E-state index in [4.69, 9.17) is 15.9 Å². The first-order valence-corrected chi connectivity index (χ1v) is 12.9. The van der Waals surface area contributed by atoms with Gasteiger partial charge in [-0.1, -0.05) is 0 Å². The summed E-state index contributed by atoms with van der Waals surface area (Å²) in [4.78, 5) is 6.83. The van der Waals surface area contributed by atoms with Crippen LogP contribution in [0, 0.1) is 24.7 Å². The van der Waals surface area contributed by atoms with Gasteiger partial charge in [-0.05, 0) is 49.7 Å². The molecule has 2 aliphatic heterocycles. The SMILES string of the molecule is Cc1cnnc(C)c1COc1ccc(N)c(C(=N)c2ccc(N3CC4(C3)CN(S(C)=O)C4)nc2)c1. The highest BCUT2D eigenvalue weighted by molar-refractivity contribution is 7.81. The molecule has 2 aromatic heterocycles. The maximum Gasteiger partial charge on any atom is 0.128 e. The lowest BCUT2D eigenvalue weighted by atomic mass is 9.74. The van der Waals surface area contributed by atoms with Gasteiger partial charge in [-0.15, -0.1) is 0 Å². The number of ether oxygens (including phenoxy) is 1. The van der Waals surface area contributed by atoms with Crippen LogP contribution in [0.25, 0.3) is 0 Å².